The Hall–Kier alpha value is -1.33. The van der Waals surface area contributed by atoms with E-state index in [0.29, 0.717) is 0 Å². The second kappa shape index (κ2) is 7.29. The predicted molar refractivity (Wildman–Crippen MR) is 73.3 cm³/mol. The van der Waals surface area contributed by atoms with Crippen molar-refractivity contribution < 1.29 is 35.9 Å². The van der Waals surface area contributed by atoms with Crippen molar-refractivity contribution >= 4 is 27.3 Å². The standard InChI is InChI=1S/C11H14F3NO5S2/c1-3-19-9(16)8-4-5-21-10(8)20-6-7(2)15-22(17,18)11(12,13)14/h4-5,7,15H,3,6H2,1-2H3/t7-/m0/s1. The normalized spacial score (nSPS) is 13.7. The molecular weight excluding hydrogens is 347 g/mol. The number of hydrogen-bond acceptors (Lipinski definition) is 6. The van der Waals surface area contributed by atoms with Crippen molar-refractivity contribution in [3.63, 3.8) is 0 Å². The molecule has 0 saturated carbocycles. The Labute approximate surface area is 129 Å². The van der Waals surface area contributed by atoms with E-state index >= 15 is 0 Å². The monoisotopic (exact) mass is 361 g/mol. The van der Waals surface area contributed by atoms with E-state index in [1.54, 1.807) is 12.3 Å². The van der Waals surface area contributed by atoms with Gasteiger partial charge >= 0.3 is 21.5 Å². The number of sulfonamides is 1. The van der Waals surface area contributed by atoms with Gasteiger partial charge in [-0.05, 0) is 25.3 Å². The van der Waals surface area contributed by atoms with E-state index < -0.39 is 27.5 Å². The third-order valence-electron chi connectivity index (χ3n) is 2.25. The number of hydrogen-bond donors (Lipinski definition) is 1. The summed E-state index contributed by atoms with van der Waals surface area (Å²) >= 11 is 1.05. The summed E-state index contributed by atoms with van der Waals surface area (Å²) in [6, 6.07) is 0.312. The minimum atomic E-state index is -5.44. The van der Waals surface area contributed by atoms with Gasteiger partial charge < -0.3 is 9.47 Å². The maximum absolute atomic E-state index is 12.2. The van der Waals surface area contributed by atoms with Crippen molar-refractivity contribution in [3.05, 3.63) is 17.0 Å². The molecular formula is C11H14F3NO5S2. The second-order valence-electron chi connectivity index (χ2n) is 4.12. The van der Waals surface area contributed by atoms with Crippen LogP contribution in [0.1, 0.15) is 24.2 Å². The number of esters is 1. The molecule has 0 aromatic carbocycles. The predicted octanol–water partition coefficient (Wildman–Crippen LogP) is 2.13. The summed E-state index contributed by atoms with van der Waals surface area (Å²) in [6.07, 6.45) is 0. The van der Waals surface area contributed by atoms with Crippen molar-refractivity contribution in [1.29, 1.82) is 0 Å². The van der Waals surface area contributed by atoms with Crippen molar-refractivity contribution in [2.45, 2.75) is 25.4 Å². The molecule has 22 heavy (non-hydrogen) atoms. The lowest BCUT2D eigenvalue weighted by Crippen LogP contribution is -2.43. The van der Waals surface area contributed by atoms with E-state index in [4.69, 9.17) is 9.47 Å². The average molecular weight is 361 g/mol. The summed E-state index contributed by atoms with van der Waals surface area (Å²) in [5.41, 5.74) is -5.25. The van der Waals surface area contributed by atoms with Crippen molar-refractivity contribution in [1.82, 2.24) is 4.72 Å². The molecule has 0 spiro atoms. The minimum Gasteiger partial charge on any atom is -0.482 e. The molecule has 126 valence electrons. The maximum Gasteiger partial charge on any atom is 0.511 e. The lowest BCUT2D eigenvalue weighted by molar-refractivity contribution is -0.0451. The first kappa shape index (κ1) is 18.7. The maximum atomic E-state index is 12.2. The lowest BCUT2D eigenvalue weighted by Gasteiger charge is -2.16. The molecule has 0 radical (unpaired) electrons. The quantitative estimate of drug-likeness (QED) is 0.753. The second-order valence-corrected chi connectivity index (χ2v) is 6.71. The first-order chi connectivity index (χ1) is 10.1. The van der Waals surface area contributed by atoms with Crippen LogP contribution in [0, 0.1) is 0 Å². The number of carbonyl (C=O) groups is 1. The van der Waals surface area contributed by atoms with E-state index in [1.807, 2.05) is 0 Å². The zero-order valence-electron chi connectivity index (χ0n) is 11.6. The molecule has 1 rings (SSSR count). The molecule has 0 bridgehead atoms. The van der Waals surface area contributed by atoms with Crippen molar-refractivity contribution in [2.75, 3.05) is 13.2 Å². The molecule has 1 aromatic rings. The molecule has 0 fully saturated rings. The fourth-order valence-electron chi connectivity index (χ4n) is 1.33. The fraction of sp³-hybridized carbons (Fsp3) is 0.545. The van der Waals surface area contributed by atoms with Crippen LogP contribution in [-0.4, -0.2) is 39.2 Å². The molecule has 0 aliphatic rings. The van der Waals surface area contributed by atoms with Crippen LogP contribution in [0.25, 0.3) is 0 Å². The molecule has 0 aliphatic heterocycles. The minimum absolute atomic E-state index is 0.137. The molecule has 11 heteroatoms. The van der Waals surface area contributed by atoms with Gasteiger partial charge in [0.15, 0.2) is 5.06 Å². The van der Waals surface area contributed by atoms with Gasteiger partial charge in [-0.25, -0.2) is 17.9 Å². The number of alkyl halides is 3. The molecule has 0 saturated heterocycles. The number of nitrogens with one attached hydrogen (secondary N) is 1. The van der Waals surface area contributed by atoms with Crippen molar-refractivity contribution in [3.8, 4) is 5.06 Å². The van der Waals surface area contributed by atoms with Gasteiger partial charge in [0.1, 0.15) is 12.2 Å². The van der Waals surface area contributed by atoms with Gasteiger partial charge in [0.25, 0.3) is 0 Å². The summed E-state index contributed by atoms with van der Waals surface area (Å²) in [5.74, 6) is -0.623. The molecule has 6 nitrogen and oxygen atoms in total. The number of rotatable bonds is 7. The van der Waals surface area contributed by atoms with Crippen LogP contribution < -0.4 is 9.46 Å². The van der Waals surface area contributed by atoms with Gasteiger partial charge in [0, 0.05) is 0 Å². The number of carbonyl (C=O) groups excluding carboxylic acids is 1. The van der Waals surface area contributed by atoms with Gasteiger partial charge in [0.2, 0.25) is 0 Å². The number of thiophene rings is 1. The Morgan fingerprint density at radius 2 is 2.09 bits per heavy atom. The van der Waals surface area contributed by atoms with Crippen molar-refractivity contribution in [2.24, 2.45) is 0 Å². The average Bonchev–Trinajstić information content (AvgIpc) is 2.83. The fourth-order valence-corrected chi connectivity index (χ4v) is 2.81. The van der Waals surface area contributed by atoms with Crippen LogP contribution in [0.2, 0.25) is 0 Å². The third-order valence-corrected chi connectivity index (χ3v) is 4.40. The highest BCUT2D eigenvalue weighted by atomic mass is 32.2. The molecule has 1 heterocycles. The Morgan fingerprint density at radius 3 is 2.64 bits per heavy atom. The van der Waals surface area contributed by atoms with Gasteiger partial charge in [-0.15, -0.1) is 11.3 Å². The largest absolute Gasteiger partial charge is 0.511 e. The zero-order valence-corrected chi connectivity index (χ0v) is 13.3. The molecule has 1 atom stereocenters. The van der Waals surface area contributed by atoms with E-state index in [1.165, 1.54) is 17.7 Å². The number of halogens is 3. The van der Waals surface area contributed by atoms with E-state index in [9.17, 15) is 26.4 Å². The molecule has 0 unspecified atom stereocenters. The smallest absolute Gasteiger partial charge is 0.482 e. The van der Waals surface area contributed by atoms with Crippen LogP contribution in [0.5, 0.6) is 5.06 Å². The molecule has 1 aromatic heterocycles. The van der Waals surface area contributed by atoms with Gasteiger partial charge in [-0.1, -0.05) is 0 Å². The van der Waals surface area contributed by atoms with Crippen LogP contribution in [0.3, 0.4) is 0 Å². The summed E-state index contributed by atoms with van der Waals surface area (Å²) in [4.78, 5) is 11.6. The molecule has 0 aliphatic carbocycles. The molecule has 0 amide bonds. The Balaban J connectivity index is 2.64. The highest BCUT2D eigenvalue weighted by Gasteiger charge is 2.46. The van der Waals surface area contributed by atoms with E-state index in [-0.39, 0.29) is 23.8 Å². The Kier molecular flexibility index (Phi) is 6.20. The van der Waals surface area contributed by atoms with Crippen LogP contribution in [0.4, 0.5) is 13.2 Å². The van der Waals surface area contributed by atoms with Gasteiger partial charge in [-0.3, -0.25) is 0 Å². The van der Waals surface area contributed by atoms with E-state index in [2.05, 4.69) is 0 Å². The van der Waals surface area contributed by atoms with E-state index in [0.717, 1.165) is 11.3 Å². The SMILES string of the molecule is CCOC(=O)c1ccsc1OC[C@H](C)NS(=O)(=O)C(F)(F)F. The number of ether oxygens (including phenoxy) is 2. The first-order valence-corrected chi connectivity index (χ1v) is 8.40. The summed E-state index contributed by atoms with van der Waals surface area (Å²) in [7, 11) is -5.44. The first-order valence-electron chi connectivity index (χ1n) is 6.04. The Morgan fingerprint density at radius 1 is 1.45 bits per heavy atom. The summed E-state index contributed by atoms with van der Waals surface area (Å²) in [5, 5.41) is 1.70. The summed E-state index contributed by atoms with van der Waals surface area (Å²) in [6.45, 7) is 2.62. The van der Waals surface area contributed by atoms with Crippen LogP contribution in [0.15, 0.2) is 11.4 Å². The van der Waals surface area contributed by atoms with Gasteiger partial charge in [0.05, 0.1) is 12.6 Å². The zero-order chi connectivity index (χ0) is 17.0. The highest BCUT2D eigenvalue weighted by Crippen LogP contribution is 2.27. The highest BCUT2D eigenvalue weighted by molar-refractivity contribution is 7.90. The van der Waals surface area contributed by atoms with Crippen LogP contribution in [-0.2, 0) is 14.8 Å². The third kappa shape index (κ3) is 4.85. The lowest BCUT2D eigenvalue weighted by atomic mass is 10.3. The topological polar surface area (TPSA) is 81.7 Å². The van der Waals surface area contributed by atoms with Crippen LogP contribution >= 0.6 is 11.3 Å². The Bertz CT molecular complexity index is 611. The molecule has 1 N–H and O–H groups in total. The summed E-state index contributed by atoms with van der Waals surface area (Å²) < 4.78 is 69.9. The van der Waals surface area contributed by atoms with Gasteiger partial charge in [-0.2, -0.15) is 13.2 Å².